The van der Waals surface area contributed by atoms with Crippen LogP contribution in [0.2, 0.25) is 0 Å². The molecule has 4 N–H and O–H groups in total. The van der Waals surface area contributed by atoms with Gasteiger partial charge in [-0.25, -0.2) is 9.59 Å². The topological polar surface area (TPSA) is 147 Å². The fourth-order valence-electron chi connectivity index (χ4n) is 0.651. The van der Waals surface area contributed by atoms with E-state index in [0.29, 0.717) is 0 Å². The standard InChI is InChI=1S/C5H8N2O5.C5H10O2/c1-12-5(11)7(4(6)10)3(9)2-8;1-3-4(2)5(6)7/h8H,2H2,1H3,(H2,6,10);4H,3H2,1-2H3,(H,6,7). The molecule has 0 fully saturated rings. The molecule has 0 bridgehead atoms. The van der Waals surface area contributed by atoms with Gasteiger partial charge in [-0.3, -0.25) is 9.59 Å². The molecule has 1 unspecified atom stereocenters. The van der Waals surface area contributed by atoms with Crippen molar-refractivity contribution in [2.45, 2.75) is 20.3 Å². The van der Waals surface area contributed by atoms with E-state index in [4.69, 9.17) is 10.2 Å². The molecule has 0 aromatic heterocycles. The summed E-state index contributed by atoms with van der Waals surface area (Å²) in [5, 5.41) is 16.5. The van der Waals surface area contributed by atoms with Crippen LogP contribution in [0.15, 0.2) is 0 Å². The van der Waals surface area contributed by atoms with Crippen LogP contribution in [-0.4, -0.2) is 52.8 Å². The fourth-order valence-corrected chi connectivity index (χ4v) is 0.651. The molecule has 19 heavy (non-hydrogen) atoms. The number of primary amides is 1. The average molecular weight is 278 g/mol. The molecule has 0 aliphatic heterocycles. The molecule has 4 amide bonds. The Kier molecular flexibility index (Phi) is 9.92. The highest BCUT2D eigenvalue weighted by Crippen LogP contribution is 1.97. The largest absolute Gasteiger partial charge is 0.481 e. The summed E-state index contributed by atoms with van der Waals surface area (Å²) in [6.07, 6.45) is -0.503. The lowest BCUT2D eigenvalue weighted by atomic mass is 10.1. The van der Waals surface area contributed by atoms with Crippen molar-refractivity contribution in [2.24, 2.45) is 11.7 Å². The first kappa shape index (κ1) is 19.2. The Balaban J connectivity index is 0. The van der Waals surface area contributed by atoms with Gasteiger partial charge in [0.25, 0.3) is 5.91 Å². The molecule has 0 saturated heterocycles. The summed E-state index contributed by atoms with van der Waals surface area (Å²) in [4.78, 5) is 41.6. The van der Waals surface area contributed by atoms with Gasteiger partial charge in [-0.1, -0.05) is 13.8 Å². The second kappa shape index (κ2) is 9.83. The first-order chi connectivity index (χ1) is 8.72. The number of aliphatic hydroxyl groups is 1. The quantitative estimate of drug-likeness (QED) is 0.645. The summed E-state index contributed by atoms with van der Waals surface area (Å²) in [7, 11) is 0.975. The lowest BCUT2D eigenvalue weighted by Crippen LogP contribution is -2.46. The number of urea groups is 1. The van der Waals surface area contributed by atoms with Gasteiger partial charge >= 0.3 is 18.1 Å². The van der Waals surface area contributed by atoms with Crippen molar-refractivity contribution in [1.82, 2.24) is 4.90 Å². The number of carbonyl (C=O) groups is 4. The SMILES string of the molecule is CCC(C)C(=O)O.COC(=O)N(C(N)=O)C(=O)CO. The molecule has 110 valence electrons. The number of imide groups is 3. The van der Waals surface area contributed by atoms with Gasteiger partial charge < -0.3 is 20.7 Å². The molecule has 0 aromatic carbocycles. The molecule has 0 aliphatic carbocycles. The third-order valence-electron chi connectivity index (χ3n) is 2.00. The van der Waals surface area contributed by atoms with Crippen molar-refractivity contribution in [1.29, 1.82) is 0 Å². The van der Waals surface area contributed by atoms with Crippen LogP contribution in [0.3, 0.4) is 0 Å². The highest BCUT2D eigenvalue weighted by atomic mass is 16.5. The van der Waals surface area contributed by atoms with Gasteiger partial charge in [0.15, 0.2) is 0 Å². The summed E-state index contributed by atoms with van der Waals surface area (Å²) in [5.41, 5.74) is 4.64. The smallest absolute Gasteiger partial charge is 0.424 e. The van der Waals surface area contributed by atoms with Crippen LogP contribution < -0.4 is 5.73 Å². The van der Waals surface area contributed by atoms with Crippen molar-refractivity contribution in [3.8, 4) is 0 Å². The summed E-state index contributed by atoms with van der Waals surface area (Å²) in [6, 6.07) is -1.29. The molecular formula is C10H18N2O7. The van der Waals surface area contributed by atoms with Crippen LogP contribution in [0.5, 0.6) is 0 Å². The summed E-state index contributed by atoms with van der Waals surface area (Å²) < 4.78 is 4.05. The minimum atomic E-state index is -1.29. The molecule has 0 heterocycles. The van der Waals surface area contributed by atoms with Crippen LogP contribution in [0.4, 0.5) is 9.59 Å². The number of aliphatic carboxylic acids is 1. The molecule has 9 nitrogen and oxygen atoms in total. The zero-order valence-electron chi connectivity index (χ0n) is 11.0. The van der Waals surface area contributed by atoms with E-state index in [1.54, 1.807) is 6.92 Å². The van der Waals surface area contributed by atoms with E-state index in [2.05, 4.69) is 10.5 Å². The van der Waals surface area contributed by atoms with E-state index in [-0.39, 0.29) is 10.8 Å². The first-order valence-corrected chi connectivity index (χ1v) is 5.26. The zero-order chi connectivity index (χ0) is 15.6. The maximum Gasteiger partial charge on any atom is 0.424 e. The molecule has 0 rings (SSSR count). The number of hydrogen-bond acceptors (Lipinski definition) is 6. The molecule has 1 atom stereocenters. The summed E-state index contributed by atoms with van der Waals surface area (Å²) in [6.45, 7) is 2.57. The van der Waals surface area contributed by atoms with Crippen molar-refractivity contribution < 1.29 is 34.1 Å². The van der Waals surface area contributed by atoms with E-state index in [1.165, 1.54) is 0 Å². The minimum Gasteiger partial charge on any atom is -0.481 e. The second-order valence-electron chi connectivity index (χ2n) is 3.34. The minimum absolute atomic E-state index is 0. The van der Waals surface area contributed by atoms with Crippen molar-refractivity contribution >= 4 is 24.0 Å². The molecule has 9 heteroatoms. The Morgan fingerprint density at radius 1 is 1.32 bits per heavy atom. The average Bonchev–Trinajstić information content (AvgIpc) is 2.37. The Hall–Kier alpha value is -2.16. The number of carboxylic acid groups (broad SMARTS) is 1. The Bertz CT molecular complexity index is 327. The Morgan fingerprint density at radius 2 is 1.79 bits per heavy atom. The number of nitrogens with two attached hydrogens (primary N) is 1. The highest BCUT2D eigenvalue weighted by molar-refractivity contribution is 6.07. The molecule has 0 aromatic rings. The second-order valence-corrected chi connectivity index (χ2v) is 3.34. The van der Waals surface area contributed by atoms with E-state index >= 15 is 0 Å². The molecular weight excluding hydrogens is 260 g/mol. The van der Waals surface area contributed by atoms with Gasteiger partial charge in [-0.05, 0) is 6.42 Å². The highest BCUT2D eigenvalue weighted by Gasteiger charge is 2.26. The fraction of sp³-hybridized carbons (Fsp3) is 0.600. The van der Waals surface area contributed by atoms with Crippen molar-refractivity contribution in [3.63, 3.8) is 0 Å². The first-order valence-electron chi connectivity index (χ1n) is 5.26. The van der Waals surface area contributed by atoms with E-state index in [1.807, 2.05) is 6.92 Å². The molecule has 0 radical (unpaired) electrons. The number of amides is 4. The normalized spacial score (nSPS) is 10.5. The third-order valence-corrected chi connectivity index (χ3v) is 2.00. The number of nitrogens with zero attached hydrogens (tertiary/aromatic N) is 1. The van der Waals surface area contributed by atoms with Crippen LogP contribution in [0.1, 0.15) is 20.3 Å². The molecule has 0 saturated carbocycles. The van der Waals surface area contributed by atoms with Gasteiger partial charge in [0.1, 0.15) is 6.61 Å². The summed E-state index contributed by atoms with van der Waals surface area (Å²) >= 11 is 0. The Labute approximate surface area is 109 Å². The molecule has 0 aliphatic rings. The van der Waals surface area contributed by atoms with Crippen molar-refractivity contribution in [3.05, 3.63) is 0 Å². The zero-order valence-corrected chi connectivity index (χ0v) is 11.0. The monoisotopic (exact) mass is 278 g/mol. The lowest BCUT2D eigenvalue weighted by Gasteiger charge is -2.12. The maximum absolute atomic E-state index is 10.6. The van der Waals surface area contributed by atoms with Crippen LogP contribution in [0.25, 0.3) is 0 Å². The van der Waals surface area contributed by atoms with E-state index < -0.39 is 30.6 Å². The van der Waals surface area contributed by atoms with Gasteiger partial charge in [0.05, 0.1) is 13.0 Å². The number of carbonyl (C=O) groups excluding carboxylic acids is 3. The molecule has 0 spiro atoms. The number of aliphatic hydroxyl groups excluding tert-OH is 1. The summed E-state index contributed by atoms with van der Waals surface area (Å²) in [5.74, 6) is -2.02. The van der Waals surface area contributed by atoms with Crippen LogP contribution in [-0.2, 0) is 14.3 Å². The maximum atomic E-state index is 10.6. The number of carboxylic acids is 1. The van der Waals surface area contributed by atoms with Crippen molar-refractivity contribution in [2.75, 3.05) is 13.7 Å². The number of rotatable bonds is 3. The lowest BCUT2D eigenvalue weighted by molar-refractivity contribution is -0.141. The van der Waals surface area contributed by atoms with E-state index in [9.17, 15) is 19.2 Å². The van der Waals surface area contributed by atoms with Gasteiger partial charge in [-0.2, -0.15) is 4.90 Å². The predicted molar refractivity (Wildman–Crippen MR) is 63.0 cm³/mol. The van der Waals surface area contributed by atoms with Gasteiger partial charge in [0.2, 0.25) is 0 Å². The third kappa shape index (κ3) is 7.71. The van der Waals surface area contributed by atoms with Gasteiger partial charge in [0, 0.05) is 0 Å². The number of hydrogen-bond donors (Lipinski definition) is 3. The number of ether oxygens (including phenoxy) is 1. The van der Waals surface area contributed by atoms with Crippen LogP contribution in [0, 0.1) is 5.92 Å². The van der Waals surface area contributed by atoms with E-state index in [0.717, 1.165) is 13.5 Å². The predicted octanol–water partition coefficient (Wildman–Crippen LogP) is -0.230. The number of methoxy groups -OCH3 is 1. The Morgan fingerprint density at radius 3 is 1.95 bits per heavy atom. The van der Waals surface area contributed by atoms with Crippen LogP contribution >= 0.6 is 0 Å². The van der Waals surface area contributed by atoms with Gasteiger partial charge in [-0.15, -0.1) is 0 Å².